The van der Waals surface area contributed by atoms with Gasteiger partial charge in [-0.2, -0.15) is 0 Å². The number of benzene rings is 1. The minimum absolute atomic E-state index is 0.189. The van der Waals surface area contributed by atoms with E-state index < -0.39 is 17.9 Å². The number of nitrogens with zero attached hydrogens (tertiary/aromatic N) is 4. The lowest BCUT2D eigenvalue weighted by Crippen LogP contribution is -2.50. The second-order valence-corrected chi connectivity index (χ2v) is 9.18. The van der Waals surface area contributed by atoms with E-state index in [0.29, 0.717) is 44.0 Å². The molecule has 10 heteroatoms. The maximum absolute atomic E-state index is 11.8. The number of fused-ring (bicyclic) bond motifs is 2. The second kappa shape index (κ2) is 13.1. The van der Waals surface area contributed by atoms with Gasteiger partial charge in [0.1, 0.15) is 0 Å². The fourth-order valence-electron chi connectivity index (χ4n) is 4.54. The van der Waals surface area contributed by atoms with Crippen LogP contribution in [0.3, 0.4) is 0 Å². The molecule has 0 radical (unpaired) electrons. The first-order chi connectivity index (χ1) is 17.2. The summed E-state index contributed by atoms with van der Waals surface area (Å²) in [6.45, 7) is 3.00. The highest BCUT2D eigenvalue weighted by Gasteiger charge is 2.27. The first-order valence-electron chi connectivity index (χ1n) is 12.1. The topological polar surface area (TPSA) is 135 Å². The predicted molar refractivity (Wildman–Crippen MR) is 133 cm³/mol. The van der Waals surface area contributed by atoms with Gasteiger partial charge in [-0.05, 0) is 36.1 Å². The number of carbonyl (C=O) groups is 3. The van der Waals surface area contributed by atoms with Gasteiger partial charge in [0.2, 0.25) is 0 Å². The Morgan fingerprint density at radius 1 is 0.806 bits per heavy atom. The first-order valence-corrected chi connectivity index (χ1v) is 12.1. The van der Waals surface area contributed by atoms with Crippen LogP contribution < -0.4 is 0 Å². The highest BCUT2D eigenvalue weighted by Crippen LogP contribution is 2.17. The number of pyridine rings is 1. The number of rotatable bonds is 9. The summed E-state index contributed by atoms with van der Waals surface area (Å²) in [5, 5.41) is 28.6. The number of carboxylic acid groups (broad SMARTS) is 3. The first kappa shape index (κ1) is 27.3. The Hall–Kier alpha value is -3.34. The summed E-state index contributed by atoms with van der Waals surface area (Å²) in [4.78, 5) is 44.9. The van der Waals surface area contributed by atoms with Crippen molar-refractivity contribution in [1.82, 2.24) is 19.7 Å². The molecule has 2 aromatic rings. The van der Waals surface area contributed by atoms with E-state index in [1.807, 2.05) is 35.2 Å². The van der Waals surface area contributed by atoms with Crippen LogP contribution in [0.2, 0.25) is 0 Å². The maximum Gasteiger partial charge on any atom is 0.317 e. The molecular formula is C26H34N4O6. The summed E-state index contributed by atoms with van der Waals surface area (Å²) in [5.74, 6) is -2.93. The van der Waals surface area contributed by atoms with Crippen molar-refractivity contribution in [3.8, 4) is 0 Å². The molecular weight excluding hydrogens is 464 g/mol. The number of aromatic nitrogens is 1. The molecule has 1 atom stereocenters. The van der Waals surface area contributed by atoms with Gasteiger partial charge in [0.05, 0.1) is 31.0 Å². The van der Waals surface area contributed by atoms with Gasteiger partial charge in [-0.1, -0.05) is 37.3 Å². The number of hydrogen-bond acceptors (Lipinski definition) is 7. The summed E-state index contributed by atoms with van der Waals surface area (Å²) in [7, 11) is 0. The largest absolute Gasteiger partial charge is 0.480 e. The van der Waals surface area contributed by atoms with Crippen LogP contribution >= 0.6 is 0 Å². The predicted octanol–water partition coefficient (Wildman–Crippen LogP) is 1.43. The Labute approximate surface area is 210 Å². The molecule has 0 spiro atoms. The van der Waals surface area contributed by atoms with Gasteiger partial charge in [0, 0.05) is 38.8 Å². The molecule has 10 nitrogen and oxygen atoms in total. The number of carboxylic acids is 3. The molecule has 0 aliphatic carbocycles. The van der Waals surface area contributed by atoms with E-state index >= 15 is 0 Å². The lowest BCUT2D eigenvalue weighted by molar-refractivity contribution is -0.141. The van der Waals surface area contributed by atoms with Crippen LogP contribution in [-0.2, 0) is 40.3 Å². The number of hydrogen-bond donors (Lipinski definition) is 3. The minimum Gasteiger partial charge on any atom is -0.480 e. The van der Waals surface area contributed by atoms with Crippen LogP contribution in [0.25, 0.3) is 0 Å². The molecule has 0 amide bonds. The van der Waals surface area contributed by atoms with E-state index in [9.17, 15) is 29.7 Å². The van der Waals surface area contributed by atoms with Gasteiger partial charge in [0.15, 0.2) is 0 Å². The van der Waals surface area contributed by atoms with Crippen molar-refractivity contribution in [1.29, 1.82) is 0 Å². The fourth-order valence-corrected chi connectivity index (χ4v) is 4.54. The zero-order valence-electron chi connectivity index (χ0n) is 20.5. The van der Waals surface area contributed by atoms with Gasteiger partial charge in [-0.15, -0.1) is 0 Å². The highest BCUT2D eigenvalue weighted by molar-refractivity contribution is 5.70. The van der Waals surface area contributed by atoms with Crippen LogP contribution in [0.1, 0.15) is 29.4 Å². The highest BCUT2D eigenvalue weighted by atomic mass is 16.4. The van der Waals surface area contributed by atoms with Crippen molar-refractivity contribution in [2.24, 2.45) is 0 Å². The van der Waals surface area contributed by atoms with Crippen LogP contribution in [0, 0.1) is 0 Å². The third kappa shape index (κ3) is 8.71. The van der Waals surface area contributed by atoms with E-state index in [-0.39, 0.29) is 32.2 Å². The molecule has 0 saturated carbocycles. The molecule has 1 aliphatic heterocycles. The van der Waals surface area contributed by atoms with Crippen molar-refractivity contribution in [3.05, 3.63) is 65.0 Å². The summed E-state index contributed by atoms with van der Waals surface area (Å²) in [5.41, 5.74) is 3.60. The van der Waals surface area contributed by atoms with Crippen molar-refractivity contribution in [2.75, 3.05) is 39.3 Å². The zero-order chi connectivity index (χ0) is 26.1. The normalized spacial score (nSPS) is 18.2. The second-order valence-electron chi connectivity index (χ2n) is 9.18. The molecule has 194 valence electrons. The molecule has 2 bridgehead atoms. The molecule has 2 heterocycles. The zero-order valence-corrected chi connectivity index (χ0v) is 20.5. The van der Waals surface area contributed by atoms with Crippen LogP contribution in [0.15, 0.2) is 42.5 Å². The molecule has 1 aromatic heterocycles. The van der Waals surface area contributed by atoms with E-state index in [1.54, 1.807) is 9.80 Å². The number of aliphatic carboxylic acids is 3. The quantitative estimate of drug-likeness (QED) is 0.466. The van der Waals surface area contributed by atoms with E-state index in [4.69, 9.17) is 0 Å². The average molecular weight is 499 g/mol. The van der Waals surface area contributed by atoms with E-state index in [2.05, 4.69) is 24.0 Å². The van der Waals surface area contributed by atoms with Crippen LogP contribution in [0.4, 0.5) is 0 Å². The van der Waals surface area contributed by atoms with Crippen molar-refractivity contribution < 1.29 is 29.7 Å². The Balaban J connectivity index is 1.98. The smallest absolute Gasteiger partial charge is 0.317 e. The molecule has 0 saturated heterocycles. The van der Waals surface area contributed by atoms with E-state index in [0.717, 1.165) is 12.0 Å². The van der Waals surface area contributed by atoms with Gasteiger partial charge in [-0.3, -0.25) is 34.1 Å². The lowest BCUT2D eigenvalue weighted by Gasteiger charge is -2.36. The average Bonchev–Trinajstić information content (AvgIpc) is 2.80. The Kier molecular flexibility index (Phi) is 9.92. The Morgan fingerprint density at radius 2 is 1.36 bits per heavy atom. The molecule has 1 aromatic carbocycles. The molecule has 36 heavy (non-hydrogen) atoms. The molecule has 0 unspecified atom stereocenters. The maximum atomic E-state index is 11.8. The standard InChI is InChI=1S/C26H34N4O6/c1-2-19-6-8-20(9-7-19)12-23-15-29(17-25(33)34)11-10-28(16-24(31)32)13-21-4-3-5-22(27-21)14-30(23)18-26(35)36/h3-9,23H,2,10-18H2,1H3,(H,31,32)(H,33,34)(H,35,36)/t23-/m0/s1. The van der Waals surface area contributed by atoms with Crippen molar-refractivity contribution >= 4 is 17.9 Å². The van der Waals surface area contributed by atoms with Gasteiger partial charge < -0.3 is 15.3 Å². The van der Waals surface area contributed by atoms with Gasteiger partial charge >= 0.3 is 17.9 Å². The summed E-state index contributed by atoms with van der Waals surface area (Å²) in [6.07, 6.45) is 1.45. The Bertz CT molecular complexity index is 1040. The van der Waals surface area contributed by atoms with E-state index in [1.165, 1.54) is 5.56 Å². The molecule has 0 fully saturated rings. The SMILES string of the molecule is CCc1ccc(C[C@H]2CN(CC(=O)O)CCN(CC(=O)O)Cc3cccc(n3)CN2CC(=O)O)cc1. The van der Waals surface area contributed by atoms with Gasteiger partial charge in [0.25, 0.3) is 0 Å². The van der Waals surface area contributed by atoms with Crippen molar-refractivity contribution in [3.63, 3.8) is 0 Å². The third-order valence-electron chi connectivity index (χ3n) is 6.29. The van der Waals surface area contributed by atoms with Crippen molar-refractivity contribution in [2.45, 2.75) is 38.9 Å². The summed E-state index contributed by atoms with van der Waals surface area (Å²) >= 11 is 0. The summed E-state index contributed by atoms with van der Waals surface area (Å²) in [6, 6.07) is 13.3. The van der Waals surface area contributed by atoms with Gasteiger partial charge in [-0.25, -0.2) is 0 Å². The monoisotopic (exact) mass is 498 g/mol. The molecule has 3 N–H and O–H groups in total. The van der Waals surface area contributed by atoms with Crippen LogP contribution in [0.5, 0.6) is 0 Å². The lowest BCUT2D eigenvalue weighted by atomic mass is 10.0. The summed E-state index contributed by atoms with van der Waals surface area (Å²) < 4.78 is 0. The van der Waals surface area contributed by atoms with Crippen LogP contribution in [-0.4, -0.2) is 98.2 Å². The molecule has 1 aliphatic rings. The fraction of sp³-hybridized carbons (Fsp3) is 0.462. The third-order valence-corrected chi connectivity index (χ3v) is 6.29. The molecule has 3 rings (SSSR count). The number of aryl methyl sites for hydroxylation is 1. The minimum atomic E-state index is -0.991. The Morgan fingerprint density at radius 3 is 1.97 bits per heavy atom.